The molecule has 0 aliphatic carbocycles. The molecule has 0 unspecified atom stereocenters. The molecule has 0 radical (unpaired) electrons. The quantitative estimate of drug-likeness (QED) is 0.698. The minimum Gasteiger partial charge on any atom is -0.324 e. The van der Waals surface area contributed by atoms with Crippen LogP contribution in [0.25, 0.3) is 0 Å². The molecule has 0 saturated carbocycles. The second-order valence-electron chi connectivity index (χ2n) is 4.58. The summed E-state index contributed by atoms with van der Waals surface area (Å²) in [5.74, 6) is 0. The van der Waals surface area contributed by atoms with Crippen LogP contribution < -0.4 is 10.5 Å². The minimum atomic E-state index is -3.54. The first kappa shape index (κ1) is 13.1. The van der Waals surface area contributed by atoms with Crippen LogP contribution in [-0.4, -0.2) is 30.7 Å². The van der Waals surface area contributed by atoms with E-state index in [-0.39, 0.29) is 11.4 Å². The lowest BCUT2D eigenvalue weighted by Gasteiger charge is -2.18. The van der Waals surface area contributed by atoms with Gasteiger partial charge in [-0.15, -0.1) is 0 Å². The lowest BCUT2D eigenvalue weighted by atomic mass is 10.1. The number of hydrogen-bond donors (Lipinski definition) is 3. The fourth-order valence-corrected chi connectivity index (χ4v) is 2.88. The van der Waals surface area contributed by atoms with Crippen molar-refractivity contribution < 1.29 is 8.42 Å². The molecule has 1 aromatic heterocycles. The molecule has 1 rings (SSSR count). The van der Waals surface area contributed by atoms with Gasteiger partial charge in [-0.3, -0.25) is 5.10 Å². The molecule has 7 heteroatoms. The first-order valence-electron chi connectivity index (χ1n) is 4.93. The summed E-state index contributed by atoms with van der Waals surface area (Å²) >= 11 is 0. The Hall–Kier alpha value is -0.920. The number of nitrogens with one attached hydrogen (secondary N) is 2. The van der Waals surface area contributed by atoms with Crippen molar-refractivity contribution in [1.29, 1.82) is 0 Å². The third-order valence-electron chi connectivity index (χ3n) is 2.05. The maximum Gasteiger partial charge on any atom is 0.244 e. The Bertz CT molecular complexity index is 451. The Morgan fingerprint density at radius 1 is 1.44 bits per heavy atom. The predicted molar refractivity (Wildman–Crippen MR) is 61.5 cm³/mol. The summed E-state index contributed by atoms with van der Waals surface area (Å²) in [6, 6.07) is 0. The van der Waals surface area contributed by atoms with Crippen LogP contribution in [0.15, 0.2) is 4.90 Å². The zero-order chi connectivity index (χ0) is 12.6. The molecule has 0 bridgehead atoms. The molecule has 6 nitrogen and oxygen atoms in total. The Kier molecular flexibility index (Phi) is 3.41. The van der Waals surface area contributed by atoms with Gasteiger partial charge in [-0.05, 0) is 27.7 Å². The zero-order valence-corrected chi connectivity index (χ0v) is 10.8. The zero-order valence-electron chi connectivity index (χ0n) is 9.96. The van der Waals surface area contributed by atoms with Gasteiger partial charge in [0.05, 0.1) is 11.4 Å². The van der Waals surface area contributed by atoms with E-state index in [0.717, 1.165) is 0 Å². The second kappa shape index (κ2) is 4.15. The van der Waals surface area contributed by atoms with E-state index < -0.39 is 15.6 Å². The fraction of sp³-hybridized carbons (Fsp3) is 0.667. The molecule has 0 spiro atoms. The third-order valence-corrected chi connectivity index (χ3v) is 3.71. The SMILES string of the molecule is Cc1n[nH]c(C)c1S(=O)(=O)NCC(C)(C)N. The number of H-pyrrole nitrogens is 1. The van der Waals surface area contributed by atoms with Crippen LogP contribution >= 0.6 is 0 Å². The summed E-state index contributed by atoms with van der Waals surface area (Å²) in [4.78, 5) is 0.205. The maximum absolute atomic E-state index is 12.0. The van der Waals surface area contributed by atoms with E-state index >= 15 is 0 Å². The van der Waals surface area contributed by atoms with E-state index in [1.165, 1.54) is 0 Å². The highest BCUT2D eigenvalue weighted by Crippen LogP contribution is 2.16. The molecule has 0 saturated heterocycles. The average Bonchev–Trinajstić information content (AvgIpc) is 2.42. The predicted octanol–water partition coefficient (Wildman–Crippen LogP) is 0.0421. The number of sulfonamides is 1. The molecule has 0 aliphatic rings. The molecule has 0 amide bonds. The Morgan fingerprint density at radius 2 is 2.00 bits per heavy atom. The highest BCUT2D eigenvalue weighted by atomic mass is 32.2. The second-order valence-corrected chi connectivity index (χ2v) is 6.28. The lowest BCUT2D eigenvalue weighted by Crippen LogP contribution is -2.45. The Balaban J connectivity index is 2.96. The van der Waals surface area contributed by atoms with E-state index in [9.17, 15) is 8.42 Å². The molecule has 0 aromatic carbocycles. The van der Waals surface area contributed by atoms with Gasteiger partial charge in [-0.25, -0.2) is 13.1 Å². The molecular weight excluding hydrogens is 228 g/mol. The van der Waals surface area contributed by atoms with Gasteiger partial charge in [-0.1, -0.05) is 0 Å². The summed E-state index contributed by atoms with van der Waals surface area (Å²) in [6.07, 6.45) is 0. The van der Waals surface area contributed by atoms with Crippen LogP contribution in [0.1, 0.15) is 25.2 Å². The largest absolute Gasteiger partial charge is 0.324 e. The van der Waals surface area contributed by atoms with Crippen LogP contribution in [0.3, 0.4) is 0 Å². The summed E-state index contributed by atoms with van der Waals surface area (Å²) in [7, 11) is -3.54. The monoisotopic (exact) mass is 246 g/mol. The standard InChI is InChI=1S/C9H18N4O2S/c1-6-8(7(2)13-12-6)16(14,15)11-5-9(3,4)10/h11H,5,10H2,1-4H3,(H,12,13). The molecule has 1 heterocycles. The molecule has 0 atom stereocenters. The van der Waals surface area contributed by atoms with E-state index in [1.54, 1.807) is 27.7 Å². The van der Waals surface area contributed by atoms with Gasteiger partial charge in [-0.2, -0.15) is 5.10 Å². The Labute approximate surface area is 95.7 Å². The molecular formula is C9H18N4O2S. The smallest absolute Gasteiger partial charge is 0.244 e. The number of hydrogen-bond acceptors (Lipinski definition) is 4. The van der Waals surface area contributed by atoms with Crippen LogP contribution in [0, 0.1) is 13.8 Å². The van der Waals surface area contributed by atoms with Gasteiger partial charge in [0, 0.05) is 12.1 Å². The van der Waals surface area contributed by atoms with E-state index in [2.05, 4.69) is 14.9 Å². The Morgan fingerprint density at radius 3 is 2.38 bits per heavy atom. The number of aryl methyl sites for hydroxylation is 2. The minimum absolute atomic E-state index is 0.180. The van der Waals surface area contributed by atoms with E-state index in [1.807, 2.05) is 0 Å². The van der Waals surface area contributed by atoms with Gasteiger partial charge in [0.15, 0.2) is 0 Å². The van der Waals surface area contributed by atoms with Gasteiger partial charge < -0.3 is 5.73 Å². The van der Waals surface area contributed by atoms with E-state index in [0.29, 0.717) is 11.4 Å². The van der Waals surface area contributed by atoms with Crippen LogP contribution in [-0.2, 0) is 10.0 Å². The van der Waals surface area contributed by atoms with Crippen LogP contribution in [0.4, 0.5) is 0 Å². The maximum atomic E-state index is 12.0. The van der Waals surface area contributed by atoms with Gasteiger partial charge in [0.25, 0.3) is 0 Å². The molecule has 16 heavy (non-hydrogen) atoms. The van der Waals surface area contributed by atoms with E-state index in [4.69, 9.17) is 5.73 Å². The number of nitrogens with zero attached hydrogens (tertiary/aromatic N) is 1. The molecule has 0 aliphatic heterocycles. The topological polar surface area (TPSA) is 101 Å². The van der Waals surface area contributed by atoms with Crippen molar-refractivity contribution in [3.63, 3.8) is 0 Å². The first-order chi connectivity index (χ1) is 7.13. The highest BCUT2D eigenvalue weighted by Gasteiger charge is 2.24. The fourth-order valence-electron chi connectivity index (χ4n) is 1.29. The van der Waals surface area contributed by atoms with Crippen LogP contribution in [0.2, 0.25) is 0 Å². The molecule has 4 N–H and O–H groups in total. The first-order valence-corrected chi connectivity index (χ1v) is 6.42. The molecule has 0 fully saturated rings. The van der Waals surface area contributed by atoms with Gasteiger partial charge >= 0.3 is 0 Å². The van der Waals surface area contributed by atoms with Gasteiger partial charge in [0.2, 0.25) is 10.0 Å². The highest BCUT2D eigenvalue weighted by molar-refractivity contribution is 7.89. The van der Waals surface area contributed by atoms with Crippen molar-refractivity contribution in [3.05, 3.63) is 11.4 Å². The summed E-state index contributed by atoms with van der Waals surface area (Å²) in [5, 5.41) is 6.49. The van der Waals surface area contributed by atoms with Crippen molar-refractivity contribution in [2.75, 3.05) is 6.54 Å². The summed E-state index contributed by atoms with van der Waals surface area (Å²) < 4.78 is 26.4. The number of rotatable bonds is 4. The van der Waals surface area contributed by atoms with Crippen molar-refractivity contribution in [2.45, 2.75) is 38.1 Å². The van der Waals surface area contributed by atoms with Crippen molar-refractivity contribution in [2.24, 2.45) is 5.73 Å². The normalized spacial score (nSPS) is 13.1. The lowest BCUT2D eigenvalue weighted by molar-refractivity contribution is 0.497. The summed E-state index contributed by atoms with van der Waals surface area (Å²) in [5.41, 5.74) is 6.12. The number of aromatic amines is 1. The van der Waals surface area contributed by atoms with Crippen molar-refractivity contribution >= 4 is 10.0 Å². The average molecular weight is 246 g/mol. The van der Waals surface area contributed by atoms with Gasteiger partial charge in [0.1, 0.15) is 4.90 Å². The van der Waals surface area contributed by atoms with Crippen molar-refractivity contribution in [1.82, 2.24) is 14.9 Å². The van der Waals surface area contributed by atoms with Crippen LogP contribution in [0.5, 0.6) is 0 Å². The third kappa shape index (κ3) is 3.03. The van der Waals surface area contributed by atoms with Crippen molar-refractivity contribution in [3.8, 4) is 0 Å². The number of aromatic nitrogens is 2. The molecule has 92 valence electrons. The number of nitrogens with two attached hydrogens (primary N) is 1. The molecule has 1 aromatic rings. The summed E-state index contributed by atoms with van der Waals surface area (Å²) in [6.45, 7) is 7.00.